The van der Waals surface area contributed by atoms with Crippen molar-refractivity contribution in [3.63, 3.8) is 0 Å². The number of nitrogens with zero attached hydrogens (tertiary/aromatic N) is 2. The van der Waals surface area contributed by atoms with Gasteiger partial charge in [0, 0.05) is 32.4 Å². The van der Waals surface area contributed by atoms with Crippen molar-refractivity contribution in [1.29, 1.82) is 5.26 Å². The summed E-state index contributed by atoms with van der Waals surface area (Å²) in [6.07, 6.45) is -2.82. The summed E-state index contributed by atoms with van der Waals surface area (Å²) in [6.45, 7) is 3.68. The van der Waals surface area contributed by atoms with Gasteiger partial charge in [0.15, 0.2) is 6.29 Å². The van der Waals surface area contributed by atoms with Gasteiger partial charge in [-0.1, -0.05) is 18.2 Å². The Kier molecular flexibility index (Phi) is 8.24. The number of methoxy groups -OCH3 is 1. The maximum absolute atomic E-state index is 12.8. The lowest BCUT2D eigenvalue weighted by atomic mass is 9.97. The van der Waals surface area contributed by atoms with Crippen LogP contribution < -0.4 is 10.2 Å². The molecular formula is C27H33N3O6. The number of benzene rings is 2. The molecule has 9 heteroatoms. The average molecular weight is 496 g/mol. The zero-order chi connectivity index (χ0) is 25.8. The van der Waals surface area contributed by atoms with Crippen LogP contribution in [0.3, 0.4) is 0 Å². The molecule has 0 saturated carbocycles. The van der Waals surface area contributed by atoms with Crippen LogP contribution in [0, 0.1) is 11.3 Å². The molecule has 2 aromatic carbocycles. The van der Waals surface area contributed by atoms with Crippen molar-refractivity contribution in [1.82, 2.24) is 5.32 Å². The Balaban J connectivity index is 1.49. The predicted octanol–water partition coefficient (Wildman–Crippen LogP) is 1.70. The van der Waals surface area contributed by atoms with Gasteiger partial charge in [-0.15, -0.1) is 0 Å². The second-order valence-corrected chi connectivity index (χ2v) is 9.37. The van der Waals surface area contributed by atoms with E-state index in [1.54, 1.807) is 6.92 Å². The second kappa shape index (κ2) is 11.4. The van der Waals surface area contributed by atoms with E-state index in [1.807, 2.05) is 24.3 Å². The first-order valence-electron chi connectivity index (χ1n) is 12.2. The van der Waals surface area contributed by atoms with E-state index in [-0.39, 0.29) is 12.1 Å². The van der Waals surface area contributed by atoms with Gasteiger partial charge in [0.1, 0.15) is 36.1 Å². The highest BCUT2D eigenvalue weighted by molar-refractivity contribution is 6.05. The van der Waals surface area contributed by atoms with E-state index in [2.05, 4.69) is 28.4 Å². The summed E-state index contributed by atoms with van der Waals surface area (Å²) >= 11 is 0. The summed E-state index contributed by atoms with van der Waals surface area (Å²) in [5.74, 6) is -0.624. The summed E-state index contributed by atoms with van der Waals surface area (Å²) in [4.78, 5) is 15.2. The molecule has 2 aliphatic rings. The lowest BCUT2D eigenvalue weighted by Crippen LogP contribution is -2.60. The van der Waals surface area contributed by atoms with Crippen molar-refractivity contribution >= 4 is 27.9 Å². The zero-order valence-electron chi connectivity index (χ0n) is 20.6. The first-order chi connectivity index (χ1) is 17.3. The molecule has 2 fully saturated rings. The fraction of sp³-hybridized carbons (Fsp3) is 0.481. The number of nitrogens with one attached hydrogen (secondary N) is 1. The van der Waals surface area contributed by atoms with Crippen molar-refractivity contribution in [3.8, 4) is 6.07 Å². The molecule has 2 saturated heterocycles. The summed E-state index contributed by atoms with van der Waals surface area (Å²) in [6, 6.07) is 14.2. The maximum atomic E-state index is 12.8. The normalized spacial score (nSPS) is 27.3. The van der Waals surface area contributed by atoms with E-state index >= 15 is 0 Å². The van der Waals surface area contributed by atoms with Crippen LogP contribution in [-0.4, -0.2) is 78.7 Å². The third-order valence-electron chi connectivity index (χ3n) is 7.06. The zero-order valence-corrected chi connectivity index (χ0v) is 20.6. The molecule has 2 aromatic rings. The van der Waals surface area contributed by atoms with Crippen LogP contribution in [0.5, 0.6) is 0 Å². The van der Waals surface area contributed by atoms with Crippen LogP contribution in [0.2, 0.25) is 0 Å². The SMILES string of the molecule is CO[C@H]1OC(CNC(=O)C(C#N)=C(C)c2ccc3cc(N4CCCCC4)ccc3c2)[C@@H](O)[C@H](O)[C@H]1O. The Labute approximate surface area is 210 Å². The summed E-state index contributed by atoms with van der Waals surface area (Å²) in [5, 5.41) is 44.5. The fourth-order valence-corrected chi connectivity index (χ4v) is 4.83. The fourth-order valence-electron chi connectivity index (χ4n) is 4.83. The largest absolute Gasteiger partial charge is 0.388 e. The van der Waals surface area contributed by atoms with E-state index in [4.69, 9.17) is 9.47 Å². The number of aliphatic hydroxyl groups excluding tert-OH is 3. The number of aliphatic hydroxyl groups is 3. The molecule has 2 heterocycles. The van der Waals surface area contributed by atoms with E-state index < -0.39 is 36.6 Å². The number of piperidine rings is 1. The Morgan fingerprint density at radius 2 is 1.78 bits per heavy atom. The third-order valence-corrected chi connectivity index (χ3v) is 7.06. The molecule has 1 amide bonds. The Hall–Kier alpha value is -3.00. The molecule has 2 aliphatic heterocycles. The highest BCUT2D eigenvalue weighted by Gasteiger charge is 2.44. The number of nitriles is 1. The lowest BCUT2D eigenvalue weighted by Gasteiger charge is -2.39. The van der Waals surface area contributed by atoms with Crippen LogP contribution in [0.15, 0.2) is 42.0 Å². The highest BCUT2D eigenvalue weighted by atomic mass is 16.7. The number of amides is 1. The molecular weight excluding hydrogens is 462 g/mol. The standard InChI is InChI=1S/C27H33N3O6/c1-16(17-6-7-19-13-20(9-8-18(19)12-17)30-10-4-3-5-11-30)21(14-28)26(34)29-15-22-23(31)24(32)25(33)27(35-2)36-22/h6-9,12-13,22-25,27,31-33H,3-5,10-11,15H2,1-2H3,(H,29,34)/t22?,23-,24+,25-,27+/m1/s1. The Morgan fingerprint density at radius 3 is 2.47 bits per heavy atom. The number of carbonyl (C=O) groups is 1. The summed E-state index contributed by atoms with van der Waals surface area (Å²) < 4.78 is 10.4. The Morgan fingerprint density at radius 1 is 1.08 bits per heavy atom. The summed E-state index contributed by atoms with van der Waals surface area (Å²) in [5.41, 5.74) is 2.42. The Bertz CT molecular complexity index is 1170. The van der Waals surface area contributed by atoms with E-state index in [1.165, 1.54) is 32.1 Å². The molecule has 36 heavy (non-hydrogen) atoms. The number of hydrogen-bond acceptors (Lipinski definition) is 8. The number of allylic oxidation sites excluding steroid dienone is 1. The average Bonchev–Trinajstić information content (AvgIpc) is 2.91. The van der Waals surface area contributed by atoms with Crippen LogP contribution >= 0.6 is 0 Å². The van der Waals surface area contributed by atoms with Crippen LogP contribution in [0.1, 0.15) is 31.7 Å². The monoisotopic (exact) mass is 495 g/mol. The number of carbonyl (C=O) groups excluding carboxylic acids is 1. The van der Waals surface area contributed by atoms with E-state index in [0.29, 0.717) is 5.57 Å². The van der Waals surface area contributed by atoms with Gasteiger partial charge in [-0.25, -0.2) is 0 Å². The quantitative estimate of drug-likeness (QED) is 0.351. The van der Waals surface area contributed by atoms with Gasteiger partial charge in [-0.3, -0.25) is 4.79 Å². The molecule has 5 atom stereocenters. The first-order valence-corrected chi connectivity index (χ1v) is 12.2. The number of anilines is 1. The van der Waals surface area contributed by atoms with Gasteiger partial charge in [0.05, 0.1) is 0 Å². The molecule has 4 rings (SSSR count). The van der Waals surface area contributed by atoms with E-state index in [9.17, 15) is 25.4 Å². The van der Waals surface area contributed by atoms with Gasteiger partial charge in [-0.2, -0.15) is 5.26 Å². The molecule has 0 bridgehead atoms. The minimum absolute atomic E-state index is 0.0616. The van der Waals surface area contributed by atoms with Crippen LogP contribution in [0.4, 0.5) is 5.69 Å². The van der Waals surface area contributed by atoms with Gasteiger partial charge in [0.2, 0.25) is 0 Å². The molecule has 1 unspecified atom stereocenters. The van der Waals surface area contributed by atoms with Crippen molar-refractivity contribution in [2.45, 2.75) is 56.9 Å². The smallest absolute Gasteiger partial charge is 0.262 e. The van der Waals surface area contributed by atoms with Crippen molar-refractivity contribution < 1.29 is 29.6 Å². The minimum atomic E-state index is -1.49. The third kappa shape index (κ3) is 5.38. The predicted molar refractivity (Wildman–Crippen MR) is 135 cm³/mol. The van der Waals surface area contributed by atoms with Gasteiger partial charge in [-0.05, 0) is 66.3 Å². The number of ether oxygens (including phenoxy) is 2. The molecule has 0 aliphatic carbocycles. The molecule has 0 radical (unpaired) electrons. The van der Waals surface area contributed by atoms with E-state index in [0.717, 1.165) is 29.4 Å². The van der Waals surface area contributed by atoms with Gasteiger partial charge >= 0.3 is 0 Å². The van der Waals surface area contributed by atoms with Crippen molar-refractivity contribution in [2.75, 3.05) is 31.6 Å². The van der Waals surface area contributed by atoms with Crippen molar-refractivity contribution in [3.05, 3.63) is 47.5 Å². The highest BCUT2D eigenvalue weighted by Crippen LogP contribution is 2.28. The van der Waals surface area contributed by atoms with Crippen LogP contribution in [-0.2, 0) is 14.3 Å². The van der Waals surface area contributed by atoms with Crippen molar-refractivity contribution in [2.24, 2.45) is 0 Å². The summed E-state index contributed by atoms with van der Waals surface area (Å²) in [7, 11) is 1.30. The second-order valence-electron chi connectivity index (χ2n) is 9.37. The minimum Gasteiger partial charge on any atom is -0.388 e. The van der Waals surface area contributed by atoms with Gasteiger partial charge in [0.25, 0.3) is 5.91 Å². The molecule has 9 nitrogen and oxygen atoms in total. The molecule has 0 spiro atoms. The molecule has 0 aromatic heterocycles. The lowest BCUT2D eigenvalue weighted by molar-refractivity contribution is -0.288. The van der Waals surface area contributed by atoms with Gasteiger partial charge < -0.3 is 35.0 Å². The number of fused-ring (bicyclic) bond motifs is 1. The topological polar surface area (TPSA) is 135 Å². The number of hydrogen-bond donors (Lipinski definition) is 4. The first kappa shape index (κ1) is 26.1. The number of rotatable bonds is 6. The maximum Gasteiger partial charge on any atom is 0.262 e. The molecule has 192 valence electrons. The van der Waals surface area contributed by atoms with Crippen LogP contribution in [0.25, 0.3) is 16.3 Å². The molecule has 4 N–H and O–H groups in total.